The third-order valence-corrected chi connectivity index (χ3v) is 2.65. The van der Waals surface area contributed by atoms with Crippen LogP contribution in [0.25, 0.3) is 0 Å². The summed E-state index contributed by atoms with van der Waals surface area (Å²) in [6.45, 7) is 5.15. The molecule has 6 nitrogen and oxygen atoms in total. The van der Waals surface area contributed by atoms with Gasteiger partial charge in [0.25, 0.3) is 0 Å². The third-order valence-electron chi connectivity index (χ3n) is 2.65. The minimum atomic E-state index is -0.430. The summed E-state index contributed by atoms with van der Waals surface area (Å²) in [6, 6.07) is 1.64. The second-order valence-electron chi connectivity index (χ2n) is 5.00. The maximum atomic E-state index is 11.7. The van der Waals surface area contributed by atoms with Crippen LogP contribution in [0.3, 0.4) is 0 Å². The summed E-state index contributed by atoms with van der Waals surface area (Å²) in [4.78, 5) is 15.9. The zero-order chi connectivity index (χ0) is 13.9. The first-order valence-electron chi connectivity index (χ1n) is 6.09. The van der Waals surface area contributed by atoms with E-state index in [9.17, 15) is 4.79 Å². The molecular weight excluding hydrogens is 248 g/mol. The molecule has 0 radical (unpaired) electrons. The maximum absolute atomic E-state index is 11.7. The Bertz CT molecular complexity index is 474. The van der Waals surface area contributed by atoms with Crippen LogP contribution < -0.4 is 10.1 Å². The Labute approximate surface area is 112 Å². The van der Waals surface area contributed by atoms with Gasteiger partial charge in [0.05, 0.1) is 17.7 Å². The van der Waals surface area contributed by atoms with E-state index >= 15 is 0 Å². The number of methoxy groups -OCH3 is 1. The predicted molar refractivity (Wildman–Crippen MR) is 69.6 cm³/mol. The van der Waals surface area contributed by atoms with E-state index in [1.54, 1.807) is 13.2 Å². The number of hydrogen-bond donors (Lipinski definition) is 1. The summed E-state index contributed by atoms with van der Waals surface area (Å²) < 4.78 is 15.4. The van der Waals surface area contributed by atoms with Gasteiger partial charge in [-0.05, 0) is 13.8 Å². The minimum Gasteiger partial charge on any atom is -0.487 e. The van der Waals surface area contributed by atoms with Gasteiger partial charge in [0.15, 0.2) is 11.6 Å². The van der Waals surface area contributed by atoms with Crippen molar-refractivity contribution in [3.8, 4) is 5.75 Å². The van der Waals surface area contributed by atoms with Gasteiger partial charge in [-0.3, -0.25) is 0 Å². The quantitative estimate of drug-likeness (QED) is 0.657. The number of ether oxygens (including phenoxy) is 3. The molecule has 1 aliphatic heterocycles. The Hall–Kier alpha value is -1.82. The van der Waals surface area contributed by atoms with E-state index in [2.05, 4.69) is 10.3 Å². The van der Waals surface area contributed by atoms with Crippen LogP contribution in [0, 0.1) is 0 Å². The molecule has 0 amide bonds. The number of aromatic nitrogens is 1. The van der Waals surface area contributed by atoms with Gasteiger partial charge in [0, 0.05) is 19.4 Å². The number of carbonyl (C=O) groups is 1. The Kier molecular flexibility index (Phi) is 3.90. The largest absolute Gasteiger partial charge is 0.487 e. The average molecular weight is 266 g/mol. The zero-order valence-electron chi connectivity index (χ0n) is 11.4. The lowest BCUT2D eigenvalue weighted by molar-refractivity contribution is 0.0387. The molecule has 0 aliphatic carbocycles. The number of nitrogens with one attached hydrogen (secondary N) is 1. The first-order chi connectivity index (χ1) is 9.02. The molecular formula is C13H18N2O4. The number of rotatable bonds is 4. The second-order valence-corrected chi connectivity index (χ2v) is 5.00. The van der Waals surface area contributed by atoms with E-state index in [0.29, 0.717) is 30.3 Å². The van der Waals surface area contributed by atoms with Crippen LogP contribution in [0.2, 0.25) is 0 Å². The summed E-state index contributed by atoms with van der Waals surface area (Å²) in [5.41, 5.74) is 0.205. The number of esters is 1. The monoisotopic (exact) mass is 266 g/mol. The molecule has 0 saturated heterocycles. The molecule has 2 heterocycles. The predicted octanol–water partition coefficient (Wildman–Crippen LogP) is 1.47. The number of hydrogen-bond acceptors (Lipinski definition) is 6. The molecule has 0 spiro atoms. The highest BCUT2D eigenvalue weighted by Crippen LogP contribution is 2.31. The van der Waals surface area contributed by atoms with E-state index in [1.807, 2.05) is 13.8 Å². The van der Waals surface area contributed by atoms with Crippen LogP contribution >= 0.6 is 0 Å². The van der Waals surface area contributed by atoms with Gasteiger partial charge in [-0.1, -0.05) is 0 Å². The Balaban J connectivity index is 2.07. The van der Waals surface area contributed by atoms with Crippen molar-refractivity contribution in [2.24, 2.45) is 0 Å². The third kappa shape index (κ3) is 3.35. The normalized spacial score (nSPS) is 15.9. The van der Waals surface area contributed by atoms with Crippen LogP contribution in [0.1, 0.15) is 24.2 Å². The van der Waals surface area contributed by atoms with Gasteiger partial charge >= 0.3 is 5.97 Å². The van der Waals surface area contributed by atoms with Crippen molar-refractivity contribution < 1.29 is 19.0 Å². The highest BCUT2D eigenvalue weighted by molar-refractivity contribution is 5.90. The molecule has 1 aromatic rings. The minimum absolute atomic E-state index is 0.166. The first-order valence-corrected chi connectivity index (χ1v) is 6.09. The van der Waals surface area contributed by atoms with Crippen molar-refractivity contribution >= 4 is 11.8 Å². The maximum Gasteiger partial charge on any atom is 0.339 e. The van der Waals surface area contributed by atoms with Crippen molar-refractivity contribution in [3.63, 3.8) is 0 Å². The van der Waals surface area contributed by atoms with Gasteiger partial charge in [-0.25, -0.2) is 9.78 Å². The Morgan fingerprint density at radius 3 is 3.05 bits per heavy atom. The topological polar surface area (TPSA) is 69.7 Å². The number of fused-ring (bicyclic) bond motifs is 1. The lowest BCUT2D eigenvalue weighted by atomic mass is 10.1. The number of nitrogens with zero attached hydrogens (tertiary/aromatic N) is 1. The summed E-state index contributed by atoms with van der Waals surface area (Å²) in [5.74, 6) is 0.783. The van der Waals surface area contributed by atoms with Crippen LogP contribution in [0.4, 0.5) is 5.82 Å². The van der Waals surface area contributed by atoms with Gasteiger partial charge in [-0.15, -0.1) is 0 Å². The molecule has 0 fully saturated rings. The molecule has 0 unspecified atom stereocenters. The van der Waals surface area contributed by atoms with Gasteiger partial charge < -0.3 is 19.5 Å². The average Bonchev–Trinajstić information content (AvgIpc) is 2.37. The van der Waals surface area contributed by atoms with Crippen molar-refractivity contribution in [3.05, 3.63) is 17.8 Å². The SMILES string of the molecule is COCCOC(=O)c1cnc2c(c1)OCC(C)(C)N2. The molecule has 1 aromatic heterocycles. The highest BCUT2D eigenvalue weighted by atomic mass is 16.6. The van der Waals surface area contributed by atoms with Gasteiger partial charge in [-0.2, -0.15) is 0 Å². The summed E-state index contributed by atoms with van der Waals surface area (Å²) in [7, 11) is 1.55. The fourth-order valence-corrected chi connectivity index (χ4v) is 1.68. The Morgan fingerprint density at radius 1 is 1.53 bits per heavy atom. The molecule has 0 saturated carbocycles. The van der Waals surface area contributed by atoms with Crippen molar-refractivity contribution in [2.75, 3.05) is 32.2 Å². The van der Waals surface area contributed by atoms with Gasteiger partial charge in [0.1, 0.15) is 13.2 Å². The fraction of sp³-hybridized carbons (Fsp3) is 0.538. The van der Waals surface area contributed by atoms with Crippen LogP contribution in [0.15, 0.2) is 12.3 Å². The highest BCUT2D eigenvalue weighted by Gasteiger charge is 2.27. The van der Waals surface area contributed by atoms with E-state index in [1.165, 1.54) is 6.20 Å². The Morgan fingerprint density at radius 2 is 2.32 bits per heavy atom. The lowest BCUT2D eigenvalue weighted by Gasteiger charge is -2.32. The summed E-state index contributed by atoms with van der Waals surface area (Å²) >= 11 is 0. The molecule has 1 aliphatic rings. The van der Waals surface area contributed by atoms with Crippen LogP contribution in [0.5, 0.6) is 5.75 Å². The smallest absolute Gasteiger partial charge is 0.339 e. The zero-order valence-corrected chi connectivity index (χ0v) is 11.4. The van der Waals surface area contributed by atoms with E-state index in [-0.39, 0.29) is 12.1 Å². The number of anilines is 1. The van der Waals surface area contributed by atoms with Gasteiger partial charge in [0.2, 0.25) is 0 Å². The van der Waals surface area contributed by atoms with Crippen molar-refractivity contribution in [1.82, 2.24) is 4.98 Å². The molecule has 1 N–H and O–H groups in total. The first kappa shape index (κ1) is 13.6. The molecule has 19 heavy (non-hydrogen) atoms. The molecule has 0 aromatic carbocycles. The van der Waals surface area contributed by atoms with Crippen molar-refractivity contribution in [2.45, 2.75) is 19.4 Å². The van der Waals surface area contributed by atoms with E-state index in [4.69, 9.17) is 14.2 Å². The van der Waals surface area contributed by atoms with Crippen LogP contribution in [-0.2, 0) is 9.47 Å². The molecule has 6 heteroatoms. The van der Waals surface area contributed by atoms with Crippen molar-refractivity contribution in [1.29, 1.82) is 0 Å². The summed E-state index contributed by atoms with van der Waals surface area (Å²) in [6.07, 6.45) is 1.48. The fourth-order valence-electron chi connectivity index (χ4n) is 1.68. The lowest BCUT2D eigenvalue weighted by Crippen LogP contribution is -2.41. The van der Waals surface area contributed by atoms with E-state index in [0.717, 1.165) is 0 Å². The second kappa shape index (κ2) is 5.44. The molecule has 0 atom stereocenters. The van der Waals surface area contributed by atoms with E-state index < -0.39 is 5.97 Å². The number of carbonyl (C=O) groups excluding carboxylic acids is 1. The summed E-state index contributed by atoms with van der Waals surface area (Å²) in [5, 5.41) is 3.25. The molecule has 0 bridgehead atoms. The molecule has 104 valence electrons. The van der Waals surface area contributed by atoms with Crippen LogP contribution in [-0.4, -0.2) is 43.4 Å². The standard InChI is InChI=1S/C13H18N2O4/c1-13(2)8-19-10-6-9(7-14-11(10)15-13)12(16)18-5-4-17-3/h6-7H,4-5,8H2,1-3H3,(H,14,15). The number of pyridine rings is 1. The molecule has 2 rings (SSSR count).